The van der Waals surface area contributed by atoms with Crippen LogP contribution in [0.3, 0.4) is 0 Å². The third-order valence-electron chi connectivity index (χ3n) is 6.15. The van der Waals surface area contributed by atoms with Crippen LogP contribution in [0.5, 0.6) is 5.75 Å². The van der Waals surface area contributed by atoms with E-state index in [1.165, 1.54) is 6.08 Å². The van der Waals surface area contributed by atoms with E-state index in [9.17, 15) is 9.18 Å². The van der Waals surface area contributed by atoms with E-state index in [1.54, 1.807) is 17.9 Å². The van der Waals surface area contributed by atoms with Crippen LogP contribution in [0.4, 0.5) is 10.1 Å². The fourth-order valence-electron chi connectivity index (χ4n) is 4.29. The Balaban J connectivity index is 1.41. The van der Waals surface area contributed by atoms with Crippen LogP contribution in [0.25, 0.3) is 5.57 Å². The Kier molecular flexibility index (Phi) is 7.00. The number of rotatable bonds is 5. The number of allylic oxidation sites excluding steroid dienone is 4. The van der Waals surface area contributed by atoms with Gasteiger partial charge in [-0.15, -0.1) is 0 Å². The van der Waals surface area contributed by atoms with Gasteiger partial charge in [-0.25, -0.2) is 4.39 Å². The van der Waals surface area contributed by atoms with Gasteiger partial charge in [-0.2, -0.15) is 5.10 Å². The van der Waals surface area contributed by atoms with Gasteiger partial charge in [-0.3, -0.25) is 9.48 Å². The third-order valence-corrected chi connectivity index (χ3v) is 6.92. The van der Waals surface area contributed by atoms with Gasteiger partial charge < -0.3 is 14.5 Å². The van der Waals surface area contributed by atoms with Crippen molar-refractivity contribution in [1.82, 2.24) is 14.7 Å². The van der Waals surface area contributed by atoms with Crippen LogP contribution in [0.15, 0.2) is 36.2 Å². The fraction of sp³-hybridized carbons (Fsp3) is 0.417. The molecular weight excluding hydrogens is 466 g/mol. The summed E-state index contributed by atoms with van der Waals surface area (Å²) in [5.41, 5.74) is 3.03. The average molecular weight is 493 g/mol. The van der Waals surface area contributed by atoms with E-state index in [0.717, 1.165) is 11.3 Å². The summed E-state index contributed by atoms with van der Waals surface area (Å²) < 4.78 is 20.8. The van der Waals surface area contributed by atoms with Gasteiger partial charge in [0.25, 0.3) is 0 Å². The van der Waals surface area contributed by atoms with E-state index in [-0.39, 0.29) is 24.2 Å². The molecule has 6 nitrogen and oxygen atoms in total. The van der Waals surface area contributed by atoms with Crippen LogP contribution in [0, 0.1) is 12.8 Å². The molecule has 0 saturated carbocycles. The van der Waals surface area contributed by atoms with E-state index in [4.69, 9.17) is 27.9 Å². The first-order valence-corrected chi connectivity index (χ1v) is 11.7. The molecule has 1 aromatic heterocycles. The Morgan fingerprint density at radius 2 is 1.97 bits per heavy atom. The van der Waals surface area contributed by atoms with Gasteiger partial charge in [-0.05, 0) is 49.1 Å². The van der Waals surface area contributed by atoms with Crippen molar-refractivity contribution in [2.45, 2.75) is 26.8 Å². The number of aromatic nitrogens is 2. The van der Waals surface area contributed by atoms with Gasteiger partial charge in [0.05, 0.1) is 22.8 Å². The lowest BCUT2D eigenvalue weighted by atomic mass is 9.93. The second-order valence-corrected chi connectivity index (χ2v) is 9.28. The number of benzene rings is 1. The van der Waals surface area contributed by atoms with Gasteiger partial charge >= 0.3 is 0 Å². The zero-order chi connectivity index (χ0) is 23.7. The van der Waals surface area contributed by atoms with Gasteiger partial charge in [-0.1, -0.05) is 30.1 Å². The molecule has 2 aromatic rings. The monoisotopic (exact) mass is 492 g/mol. The SMILES string of the molecule is COc1cc(N2CCN(C(=O)Cn3nc(C4=CC(F)=CC(C)C4)c(Cl)c3C)CC2)ccc1Cl. The number of ether oxygens (including phenoxy) is 1. The number of hydrogen-bond acceptors (Lipinski definition) is 4. The van der Waals surface area contributed by atoms with Crippen LogP contribution < -0.4 is 9.64 Å². The number of anilines is 1. The maximum absolute atomic E-state index is 13.9. The number of nitrogens with zero attached hydrogens (tertiary/aromatic N) is 4. The molecule has 176 valence electrons. The summed E-state index contributed by atoms with van der Waals surface area (Å²) in [7, 11) is 1.59. The zero-order valence-corrected chi connectivity index (χ0v) is 20.5. The van der Waals surface area contributed by atoms with E-state index in [0.29, 0.717) is 59.8 Å². The minimum Gasteiger partial charge on any atom is -0.495 e. The summed E-state index contributed by atoms with van der Waals surface area (Å²) in [4.78, 5) is 17.0. The first kappa shape index (κ1) is 23.6. The minimum absolute atomic E-state index is 0.0192. The number of carbonyl (C=O) groups excluding carboxylic acids is 1. The van der Waals surface area contributed by atoms with Gasteiger partial charge in [0.15, 0.2) is 0 Å². The molecule has 1 aliphatic heterocycles. The molecule has 1 amide bonds. The van der Waals surface area contributed by atoms with Crippen molar-refractivity contribution in [2.24, 2.45) is 5.92 Å². The molecule has 33 heavy (non-hydrogen) atoms. The third kappa shape index (κ3) is 5.04. The topological polar surface area (TPSA) is 50.6 Å². The molecule has 0 bridgehead atoms. The summed E-state index contributed by atoms with van der Waals surface area (Å²) in [6.07, 6.45) is 3.73. The molecule has 2 heterocycles. The van der Waals surface area contributed by atoms with Crippen LogP contribution in [-0.4, -0.2) is 53.9 Å². The summed E-state index contributed by atoms with van der Waals surface area (Å²) in [6.45, 7) is 6.49. The highest BCUT2D eigenvalue weighted by Crippen LogP contribution is 2.35. The van der Waals surface area contributed by atoms with E-state index in [2.05, 4.69) is 10.00 Å². The maximum Gasteiger partial charge on any atom is 0.244 e. The normalized spacial score (nSPS) is 18.8. The zero-order valence-electron chi connectivity index (χ0n) is 18.9. The first-order valence-electron chi connectivity index (χ1n) is 10.9. The quantitative estimate of drug-likeness (QED) is 0.580. The van der Waals surface area contributed by atoms with Crippen molar-refractivity contribution in [3.8, 4) is 5.75 Å². The highest BCUT2D eigenvalue weighted by Gasteiger charge is 2.25. The summed E-state index contributed by atoms with van der Waals surface area (Å²) >= 11 is 12.6. The summed E-state index contributed by atoms with van der Waals surface area (Å²) in [5.74, 6) is 0.408. The van der Waals surface area contributed by atoms with Crippen molar-refractivity contribution in [1.29, 1.82) is 0 Å². The van der Waals surface area contributed by atoms with Crippen molar-refractivity contribution in [2.75, 3.05) is 38.2 Å². The Morgan fingerprint density at radius 1 is 1.24 bits per heavy atom. The number of carbonyl (C=O) groups is 1. The molecular formula is C24H27Cl2FN4O2. The highest BCUT2D eigenvalue weighted by molar-refractivity contribution is 6.33. The molecule has 1 atom stereocenters. The molecule has 9 heteroatoms. The molecule has 1 saturated heterocycles. The highest BCUT2D eigenvalue weighted by atomic mass is 35.5. The number of hydrogen-bond donors (Lipinski definition) is 0. The largest absolute Gasteiger partial charge is 0.495 e. The average Bonchev–Trinajstić information content (AvgIpc) is 3.07. The molecule has 0 radical (unpaired) electrons. The molecule has 0 spiro atoms. The second kappa shape index (κ2) is 9.77. The van der Waals surface area contributed by atoms with Crippen molar-refractivity contribution >= 4 is 40.4 Å². The van der Waals surface area contributed by atoms with Crippen LogP contribution >= 0.6 is 23.2 Å². The number of methoxy groups -OCH3 is 1. The number of halogens is 3. The molecule has 1 fully saturated rings. The van der Waals surface area contributed by atoms with E-state index in [1.807, 2.05) is 36.9 Å². The smallest absolute Gasteiger partial charge is 0.244 e. The number of piperazine rings is 1. The van der Waals surface area contributed by atoms with Crippen LogP contribution in [0.1, 0.15) is 24.7 Å². The van der Waals surface area contributed by atoms with Crippen LogP contribution in [0.2, 0.25) is 10.0 Å². The summed E-state index contributed by atoms with van der Waals surface area (Å²) in [5, 5.41) is 5.60. The van der Waals surface area contributed by atoms with E-state index < -0.39 is 0 Å². The first-order chi connectivity index (χ1) is 15.8. The molecule has 4 rings (SSSR count). The maximum atomic E-state index is 13.9. The number of amides is 1. The van der Waals surface area contributed by atoms with Crippen LogP contribution in [-0.2, 0) is 11.3 Å². The Hall–Kier alpha value is -2.51. The molecule has 0 N–H and O–H groups in total. The predicted octanol–water partition coefficient (Wildman–Crippen LogP) is 5.13. The lowest BCUT2D eigenvalue weighted by Crippen LogP contribution is -2.49. The summed E-state index contributed by atoms with van der Waals surface area (Å²) in [6, 6.07) is 5.69. The van der Waals surface area contributed by atoms with Gasteiger partial charge in [0, 0.05) is 37.9 Å². The molecule has 1 unspecified atom stereocenters. The van der Waals surface area contributed by atoms with Crippen molar-refractivity contribution in [3.05, 3.63) is 57.6 Å². The molecule has 2 aliphatic rings. The van der Waals surface area contributed by atoms with E-state index >= 15 is 0 Å². The lowest BCUT2D eigenvalue weighted by molar-refractivity contribution is -0.132. The van der Waals surface area contributed by atoms with Gasteiger partial charge in [0.1, 0.15) is 23.8 Å². The Labute approximate surface area is 203 Å². The second-order valence-electron chi connectivity index (χ2n) is 8.49. The molecule has 1 aliphatic carbocycles. The van der Waals surface area contributed by atoms with Crippen molar-refractivity contribution in [3.63, 3.8) is 0 Å². The fourth-order valence-corrected chi connectivity index (χ4v) is 4.74. The Bertz CT molecular complexity index is 1120. The predicted molar refractivity (Wildman–Crippen MR) is 130 cm³/mol. The standard InChI is InChI=1S/C24H27Cl2FN4O2/c1-15-10-17(12-18(27)11-15)24-23(26)16(2)31(28-24)14-22(32)30-8-6-29(7-9-30)19-4-5-20(25)21(13-19)33-3/h4-5,11-13,15H,6-10,14H2,1-3H3. The van der Waals surface area contributed by atoms with Gasteiger partial charge in [0.2, 0.25) is 5.91 Å². The minimum atomic E-state index is -0.278. The molecule has 1 aromatic carbocycles. The van der Waals surface area contributed by atoms with Crippen molar-refractivity contribution < 1.29 is 13.9 Å². The Morgan fingerprint density at radius 3 is 2.64 bits per heavy atom. The lowest BCUT2D eigenvalue weighted by Gasteiger charge is -2.36.